The van der Waals surface area contributed by atoms with Gasteiger partial charge in [-0.2, -0.15) is 0 Å². The zero-order valence-electron chi connectivity index (χ0n) is 11.3. The molecule has 4 heteroatoms. The van der Waals surface area contributed by atoms with Gasteiger partial charge in [0.25, 0.3) is 0 Å². The van der Waals surface area contributed by atoms with Gasteiger partial charge in [-0.25, -0.2) is 8.78 Å². The molecule has 2 aliphatic heterocycles. The monoisotopic (exact) mass is 266 g/mol. The molecule has 2 saturated heterocycles. The van der Waals surface area contributed by atoms with E-state index in [1.807, 2.05) is 0 Å². The molecule has 104 valence electrons. The third kappa shape index (κ3) is 2.46. The van der Waals surface area contributed by atoms with Crippen LogP contribution in [-0.2, 0) is 0 Å². The third-order valence-corrected chi connectivity index (χ3v) is 4.44. The van der Waals surface area contributed by atoms with Crippen LogP contribution in [0.3, 0.4) is 0 Å². The molecule has 2 heterocycles. The van der Waals surface area contributed by atoms with Crippen molar-refractivity contribution in [3.05, 3.63) is 29.8 Å². The van der Waals surface area contributed by atoms with Gasteiger partial charge in [0, 0.05) is 36.9 Å². The third-order valence-electron chi connectivity index (χ3n) is 4.44. The predicted molar refractivity (Wildman–Crippen MR) is 72.4 cm³/mol. The van der Waals surface area contributed by atoms with Crippen molar-refractivity contribution in [2.24, 2.45) is 0 Å². The van der Waals surface area contributed by atoms with Gasteiger partial charge in [-0.3, -0.25) is 4.90 Å². The molecule has 1 aromatic carbocycles. The number of anilines is 1. The number of halogens is 2. The second kappa shape index (κ2) is 5.08. The Morgan fingerprint density at radius 2 is 1.89 bits per heavy atom. The number of fused-ring (bicyclic) bond motifs is 1. The fraction of sp³-hybridized carbons (Fsp3) is 0.600. The van der Waals surface area contributed by atoms with Crippen LogP contribution in [0.25, 0.3) is 0 Å². The van der Waals surface area contributed by atoms with Crippen molar-refractivity contribution in [2.45, 2.75) is 38.3 Å². The summed E-state index contributed by atoms with van der Waals surface area (Å²) in [5, 5.41) is 0. The first-order valence-electron chi connectivity index (χ1n) is 7.14. The molecule has 2 unspecified atom stereocenters. The van der Waals surface area contributed by atoms with E-state index in [0.717, 1.165) is 25.6 Å². The molecular weight excluding hydrogens is 246 g/mol. The molecule has 0 radical (unpaired) electrons. The first-order valence-corrected chi connectivity index (χ1v) is 7.14. The molecule has 0 amide bonds. The van der Waals surface area contributed by atoms with E-state index in [4.69, 9.17) is 0 Å². The summed E-state index contributed by atoms with van der Waals surface area (Å²) in [6, 6.07) is 4.76. The second-order valence-electron chi connectivity index (χ2n) is 5.63. The number of nitrogens with zero attached hydrogens (tertiary/aromatic N) is 2. The standard InChI is InChI=1S/C15H20F2N2/c1-2-13-9-18-5-3-4-14(18)10-19(13)15-7-11(16)6-12(17)8-15/h6-8,13-14H,2-5,9-10H2,1H3. The maximum atomic E-state index is 13.4. The van der Waals surface area contributed by atoms with Crippen molar-refractivity contribution < 1.29 is 8.78 Å². The van der Waals surface area contributed by atoms with Crippen LogP contribution < -0.4 is 4.90 Å². The lowest BCUT2D eigenvalue weighted by Gasteiger charge is -2.44. The van der Waals surface area contributed by atoms with Crippen molar-refractivity contribution in [3.63, 3.8) is 0 Å². The molecule has 0 N–H and O–H groups in total. The predicted octanol–water partition coefficient (Wildman–Crippen LogP) is 3.03. The number of hydrogen-bond acceptors (Lipinski definition) is 2. The highest BCUT2D eigenvalue weighted by Crippen LogP contribution is 2.30. The maximum Gasteiger partial charge on any atom is 0.128 e. The lowest BCUT2D eigenvalue weighted by atomic mass is 10.0. The summed E-state index contributed by atoms with van der Waals surface area (Å²) in [7, 11) is 0. The molecule has 2 nitrogen and oxygen atoms in total. The maximum absolute atomic E-state index is 13.4. The van der Waals surface area contributed by atoms with E-state index >= 15 is 0 Å². The smallest absolute Gasteiger partial charge is 0.128 e. The first kappa shape index (κ1) is 12.9. The Hall–Kier alpha value is -1.16. The number of hydrogen-bond donors (Lipinski definition) is 0. The molecule has 19 heavy (non-hydrogen) atoms. The fourth-order valence-corrected chi connectivity index (χ4v) is 3.46. The minimum Gasteiger partial charge on any atom is -0.366 e. The molecule has 2 atom stereocenters. The Balaban J connectivity index is 1.88. The molecule has 2 aliphatic rings. The molecule has 0 bridgehead atoms. The van der Waals surface area contributed by atoms with Crippen molar-refractivity contribution in [1.82, 2.24) is 4.90 Å². The molecule has 0 spiro atoms. The zero-order chi connectivity index (χ0) is 13.4. The lowest BCUT2D eigenvalue weighted by molar-refractivity contribution is 0.194. The van der Waals surface area contributed by atoms with Gasteiger partial charge < -0.3 is 4.90 Å². The normalized spacial score (nSPS) is 27.6. The van der Waals surface area contributed by atoms with Gasteiger partial charge in [-0.05, 0) is 37.9 Å². The van der Waals surface area contributed by atoms with Gasteiger partial charge in [0.05, 0.1) is 0 Å². The van der Waals surface area contributed by atoms with Gasteiger partial charge in [0.2, 0.25) is 0 Å². The largest absolute Gasteiger partial charge is 0.366 e. The van der Waals surface area contributed by atoms with E-state index in [1.54, 1.807) is 0 Å². The van der Waals surface area contributed by atoms with Crippen LogP contribution in [0, 0.1) is 11.6 Å². The van der Waals surface area contributed by atoms with Crippen molar-refractivity contribution in [2.75, 3.05) is 24.5 Å². The number of benzene rings is 1. The van der Waals surface area contributed by atoms with Gasteiger partial charge in [0.1, 0.15) is 11.6 Å². The van der Waals surface area contributed by atoms with Crippen LogP contribution >= 0.6 is 0 Å². The van der Waals surface area contributed by atoms with Crippen LogP contribution in [0.15, 0.2) is 18.2 Å². The summed E-state index contributed by atoms with van der Waals surface area (Å²) in [4.78, 5) is 4.72. The van der Waals surface area contributed by atoms with E-state index in [9.17, 15) is 8.78 Å². The van der Waals surface area contributed by atoms with E-state index < -0.39 is 11.6 Å². The Morgan fingerprint density at radius 3 is 2.58 bits per heavy atom. The highest BCUT2D eigenvalue weighted by molar-refractivity contribution is 5.49. The molecule has 0 aliphatic carbocycles. The fourth-order valence-electron chi connectivity index (χ4n) is 3.46. The van der Waals surface area contributed by atoms with E-state index in [-0.39, 0.29) is 0 Å². The second-order valence-corrected chi connectivity index (χ2v) is 5.63. The Kier molecular flexibility index (Phi) is 3.44. The summed E-state index contributed by atoms with van der Waals surface area (Å²) < 4.78 is 26.8. The van der Waals surface area contributed by atoms with Gasteiger partial charge >= 0.3 is 0 Å². The van der Waals surface area contributed by atoms with E-state index in [0.29, 0.717) is 17.8 Å². The van der Waals surface area contributed by atoms with E-state index in [2.05, 4.69) is 16.7 Å². The quantitative estimate of drug-likeness (QED) is 0.812. The summed E-state index contributed by atoms with van der Waals surface area (Å²) in [5.74, 6) is -0.975. The molecule has 2 fully saturated rings. The van der Waals surface area contributed by atoms with E-state index in [1.165, 1.54) is 31.5 Å². The Morgan fingerprint density at radius 1 is 1.16 bits per heavy atom. The topological polar surface area (TPSA) is 6.48 Å². The van der Waals surface area contributed by atoms with Crippen LogP contribution in [0.2, 0.25) is 0 Å². The van der Waals surface area contributed by atoms with Crippen LogP contribution in [0.5, 0.6) is 0 Å². The summed E-state index contributed by atoms with van der Waals surface area (Å²) >= 11 is 0. The van der Waals surface area contributed by atoms with Crippen LogP contribution in [0.1, 0.15) is 26.2 Å². The van der Waals surface area contributed by atoms with Crippen LogP contribution in [-0.4, -0.2) is 36.6 Å². The lowest BCUT2D eigenvalue weighted by Crippen LogP contribution is -2.56. The van der Waals surface area contributed by atoms with Gasteiger partial charge in [-0.15, -0.1) is 0 Å². The number of rotatable bonds is 2. The van der Waals surface area contributed by atoms with Crippen molar-refractivity contribution >= 4 is 5.69 Å². The Labute approximate surface area is 113 Å². The minimum atomic E-state index is -0.487. The summed E-state index contributed by atoms with van der Waals surface area (Å²) in [6.45, 7) is 5.22. The van der Waals surface area contributed by atoms with Crippen LogP contribution in [0.4, 0.5) is 14.5 Å². The molecule has 0 saturated carbocycles. The SMILES string of the molecule is CCC1CN2CCCC2CN1c1cc(F)cc(F)c1. The van der Waals surface area contributed by atoms with Gasteiger partial charge in [-0.1, -0.05) is 6.92 Å². The average Bonchev–Trinajstić information content (AvgIpc) is 2.83. The average molecular weight is 266 g/mol. The van der Waals surface area contributed by atoms with Crippen molar-refractivity contribution in [1.29, 1.82) is 0 Å². The summed E-state index contributed by atoms with van der Waals surface area (Å²) in [5.41, 5.74) is 0.691. The summed E-state index contributed by atoms with van der Waals surface area (Å²) in [6.07, 6.45) is 3.44. The zero-order valence-corrected chi connectivity index (χ0v) is 11.3. The highest BCUT2D eigenvalue weighted by Gasteiger charge is 2.35. The van der Waals surface area contributed by atoms with Crippen molar-refractivity contribution in [3.8, 4) is 0 Å². The number of piperazine rings is 1. The molecular formula is C15H20F2N2. The highest BCUT2D eigenvalue weighted by atomic mass is 19.1. The molecule has 1 aromatic rings. The molecule has 0 aromatic heterocycles. The molecule has 3 rings (SSSR count). The van der Waals surface area contributed by atoms with Gasteiger partial charge in [0.15, 0.2) is 0 Å². The Bertz CT molecular complexity index is 443. The first-order chi connectivity index (χ1) is 9.17. The minimum absolute atomic E-state index is 0.357.